The lowest BCUT2D eigenvalue weighted by atomic mass is 9.95. The molecule has 7 heteroatoms. The Hall–Kier alpha value is -3.97. The number of fused-ring (bicyclic) bond motifs is 2. The van der Waals surface area contributed by atoms with E-state index in [9.17, 15) is 4.79 Å². The summed E-state index contributed by atoms with van der Waals surface area (Å²) in [5.41, 5.74) is 12.0. The Morgan fingerprint density at radius 1 is 0.966 bits per heavy atom. The van der Waals surface area contributed by atoms with Gasteiger partial charge in [-0.25, -0.2) is 16.4 Å². The highest BCUT2D eigenvalue weighted by Crippen LogP contribution is 2.35. The van der Waals surface area contributed by atoms with Crippen molar-refractivity contribution in [3.63, 3.8) is 0 Å². The Morgan fingerprint density at radius 2 is 1.76 bits per heavy atom. The Balaban J connectivity index is 2.04. The van der Waals surface area contributed by atoms with Gasteiger partial charge in [0.1, 0.15) is 5.69 Å². The van der Waals surface area contributed by atoms with E-state index in [4.69, 9.17) is 16.6 Å². The number of benzene rings is 3. The molecule has 0 unspecified atom stereocenters. The van der Waals surface area contributed by atoms with Gasteiger partial charge < -0.3 is 11.1 Å². The average Bonchev–Trinajstić information content (AvgIpc) is 2.72. The number of rotatable bonds is 4. The third-order valence-corrected chi connectivity index (χ3v) is 4.64. The Kier molecular flexibility index (Phi) is 4.80. The molecule has 0 aliphatic rings. The van der Waals surface area contributed by atoms with Gasteiger partial charge in [0.2, 0.25) is 5.91 Å². The van der Waals surface area contributed by atoms with Crippen molar-refractivity contribution >= 4 is 39.1 Å². The molecule has 29 heavy (non-hydrogen) atoms. The van der Waals surface area contributed by atoms with E-state index >= 15 is 0 Å². The van der Waals surface area contributed by atoms with Crippen LogP contribution in [0.5, 0.6) is 0 Å². The van der Waals surface area contributed by atoms with E-state index in [2.05, 4.69) is 34.2 Å². The topological polar surface area (TPSA) is 118 Å². The van der Waals surface area contributed by atoms with Gasteiger partial charge >= 0.3 is 0 Å². The van der Waals surface area contributed by atoms with Gasteiger partial charge in [-0.05, 0) is 34.5 Å². The molecule has 144 valence electrons. The van der Waals surface area contributed by atoms with E-state index in [1.54, 1.807) is 6.07 Å². The number of hydrazine groups is 1. The number of anilines is 1. The highest BCUT2D eigenvalue weighted by atomic mass is 16.1. The highest BCUT2D eigenvalue weighted by molar-refractivity contribution is 6.07. The molecule has 0 spiro atoms. The summed E-state index contributed by atoms with van der Waals surface area (Å²) in [6.45, 7) is 1.49. The fourth-order valence-electron chi connectivity index (χ4n) is 3.45. The van der Waals surface area contributed by atoms with Crippen molar-refractivity contribution in [1.82, 2.24) is 10.5 Å². The third-order valence-electron chi connectivity index (χ3n) is 4.64. The van der Waals surface area contributed by atoms with Crippen LogP contribution in [0.15, 0.2) is 71.8 Å². The smallest absolute Gasteiger partial charge is 0.221 e. The monoisotopic (exact) mass is 384 g/mol. The first kappa shape index (κ1) is 18.4. The van der Waals surface area contributed by atoms with E-state index < -0.39 is 0 Å². The normalized spacial score (nSPS) is 11.6. The molecule has 0 radical (unpaired) electrons. The van der Waals surface area contributed by atoms with Crippen LogP contribution in [0.1, 0.15) is 12.6 Å². The van der Waals surface area contributed by atoms with Gasteiger partial charge in [0.25, 0.3) is 0 Å². The summed E-state index contributed by atoms with van der Waals surface area (Å²) >= 11 is 0. The highest BCUT2D eigenvalue weighted by Gasteiger charge is 2.13. The van der Waals surface area contributed by atoms with Crippen molar-refractivity contribution in [3.05, 3.63) is 72.4 Å². The first-order valence-electron chi connectivity index (χ1n) is 9.06. The van der Waals surface area contributed by atoms with Crippen molar-refractivity contribution in [2.75, 3.05) is 5.32 Å². The summed E-state index contributed by atoms with van der Waals surface area (Å²) in [6.07, 6.45) is 0. The van der Waals surface area contributed by atoms with Crippen LogP contribution in [0, 0.1) is 0 Å². The third kappa shape index (κ3) is 3.59. The van der Waals surface area contributed by atoms with Crippen molar-refractivity contribution < 1.29 is 4.79 Å². The van der Waals surface area contributed by atoms with Gasteiger partial charge in [0.15, 0.2) is 5.84 Å². The predicted molar refractivity (Wildman–Crippen MR) is 117 cm³/mol. The molecule has 4 rings (SSSR count). The SMILES string of the molecule is CC(=O)Nc1cc(-c2cccc3ccccc23)c2nc(/C(N)=N/NN)ccc2c1. The number of amidine groups is 1. The lowest BCUT2D eigenvalue weighted by Crippen LogP contribution is -2.23. The zero-order chi connectivity index (χ0) is 20.4. The number of nitrogens with one attached hydrogen (secondary N) is 2. The van der Waals surface area contributed by atoms with Crippen LogP contribution in [0.2, 0.25) is 0 Å². The molecule has 6 N–H and O–H groups in total. The first-order valence-corrected chi connectivity index (χ1v) is 9.06. The molecule has 1 heterocycles. The zero-order valence-corrected chi connectivity index (χ0v) is 15.8. The van der Waals surface area contributed by atoms with Crippen molar-refractivity contribution in [2.45, 2.75) is 6.92 Å². The van der Waals surface area contributed by atoms with E-state index in [-0.39, 0.29) is 11.7 Å². The van der Waals surface area contributed by atoms with Gasteiger partial charge in [-0.3, -0.25) is 4.79 Å². The Morgan fingerprint density at radius 3 is 2.55 bits per heavy atom. The molecule has 0 atom stereocenters. The fraction of sp³-hybridized carbons (Fsp3) is 0.0455. The van der Waals surface area contributed by atoms with Crippen LogP contribution in [0.3, 0.4) is 0 Å². The maximum absolute atomic E-state index is 11.6. The second-order valence-electron chi connectivity index (χ2n) is 6.63. The minimum atomic E-state index is -0.136. The second kappa shape index (κ2) is 7.57. The number of hydrazone groups is 1. The van der Waals surface area contributed by atoms with Crippen LogP contribution in [-0.2, 0) is 4.79 Å². The van der Waals surface area contributed by atoms with Crippen LogP contribution >= 0.6 is 0 Å². The number of nitrogens with two attached hydrogens (primary N) is 2. The van der Waals surface area contributed by atoms with Gasteiger partial charge in [-0.1, -0.05) is 48.5 Å². The molecule has 0 aliphatic carbocycles. The van der Waals surface area contributed by atoms with Crippen LogP contribution < -0.4 is 22.4 Å². The minimum absolute atomic E-state index is 0.136. The summed E-state index contributed by atoms with van der Waals surface area (Å²) in [4.78, 5) is 16.4. The lowest BCUT2D eigenvalue weighted by molar-refractivity contribution is -0.114. The largest absolute Gasteiger partial charge is 0.380 e. The fourth-order valence-corrected chi connectivity index (χ4v) is 3.45. The molecule has 1 amide bonds. The van der Waals surface area contributed by atoms with Gasteiger partial charge in [0.05, 0.1) is 5.52 Å². The Labute approximate surface area is 167 Å². The number of carbonyl (C=O) groups is 1. The van der Waals surface area contributed by atoms with E-state index in [0.717, 1.165) is 32.8 Å². The van der Waals surface area contributed by atoms with E-state index in [1.807, 2.05) is 42.5 Å². The maximum atomic E-state index is 11.6. The summed E-state index contributed by atoms with van der Waals surface area (Å²) in [5.74, 6) is 5.29. The van der Waals surface area contributed by atoms with Crippen molar-refractivity contribution in [1.29, 1.82) is 0 Å². The number of pyridine rings is 1. The standard InChI is InChI=1S/C22H20N6O/c1-13(29)25-16-11-15-9-10-20(22(23)27-28-24)26-21(15)19(12-16)18-8-4-6-14-5-2-3-7-17(14)18/h2-12,28H,24H2,1H3,(H2,23,27)(H,25,29). The summed E-state index contributed by atoms with van der Waals surface area (Å²) in [5, 5.41) is 9.77. The van der Waals surface area contributed by atoms with Gasteiger partial charge in [-0.15, -0.1) is 5.10 Å². The van der Waals surface area contributed by atoms with Crippen molar-refractivity contribution in [2.24, 2.45) is 16.7 Å². The molecule has 0 saturated carbocycles. The second-order valence-corrected chi connectivity index (χ2v) is 6.63. The van der Waals surface area contributed by atoms with Crippen LogP contribution in [0.25, 0.3) is 32.8 Å². The lowest BCUT2D eigenvalue weighted by Gasteiger charge is -2.13. The zero-order valence-electron chi connectivity index (χ0n) is 15.8. The number of amides is 1. The molecule has 4 aromatic rings. The van der Waals surface area contributed by atoms with Crippen LogP contribution in [0.4, 0.5) is 5.69 Å². The number of nitrogens with zero attached hydrogens (tertiary/aromatic N) is 2. The molecule has 1 aromatic heterocycles. The number of aromatic nitrogens is 1. The molecular formula is C22H20N6O. The number of hydrogen-bond acceptors (Lipinski definition) is 5. The number of carbonyl (C=O) groups excluding carboxylic acids is 1. The van der Waals surface area contributed by atoms with E-state index in [1.165, 1.54) is 6.92 Å². The molecule has 3 aromatic carbocycles. The minimum Gasteiger partial charge on any atom is -0.380 e. The molecule has 7 nitrogen and oxygen atoms in total. The quantitative estimate of drug-likeness (QED) is 0.187. The average molecular weight is 384 g/mol. The molecule has 0 saturated heterocycles. The number of hydrogen-bond donors (Lipinski definition) is 4. The van der Waals surface area contributed by atoms with Gasteiger partial charge in [0, 0.05) is 23.6 Å². The predicted octanol–water partition coefficient (Wildman–Crippen LogP) is 3.10. The van der Waals surface area contributed by atoms with Crippen molar-refractivity contribution in [3.8, 4) is 11.1 Å². The van der Waals surface area contributed by atoms with Gasteiger partial charge in [-0.2, -0.15) is 0 Å². The molecule has 0 fully saturated rings. The Bertz CT molecular complexity index is 1260. The summed E-state index contributed by atoms with van der Waals surface area (Å²) < 4.78 is 0. The summed E-state index contributed by atoms with van der Waals surface area (Å²) in [6, 6.07) is 21.7. The first-order chi connectivity index (χ1) is 14.1. The molecule has 0 aliphatic heterocycles. The van der Waals surface area contributed by atoms with E-state index in [0.29, 0.717) is 11.4 Å². The van der Waals surface area contributed by atoms with Crippen LogP contribution in [-0.4, -0.2) is 16.7 Å². The maximum Gasteiger partial charge on any atom is 0.221 e. The molecular weight excluding hydrogens is 364 g/mol. The molecule has 0 bridgehead atoms. The summed E-state index contributed by atoms with van der Waals surface area (Å²) in [7, 11) is 0.